The SMILES string of the molecule is CCC[C@H](NC)C(=O)OC(C)C. The molecule has 0 aliphatic carbocycles. The fraction of sp³-hybridized carbons (Fsp3) is 0.889. The summed E-state index contributed by atoms with van der Waals surface area (Å²) in [6.45, 7) is 5.76. The molecule has 0 aromatic carbocycles. The first kappa shape index (κ1) is 11.4. The van der Waals surface area contributed by atoms with Gasteiger partial charge in [-0.1, -0.05) is 13.3 Å². The van der Waals surface area contributed by atoms with Crippen LogP contribution in [0.5, 0.6) is 0 Å². The van der Waals surface area contributed by atoms with E-state index in [4.69, 9.17) is 4.74 Å². The Kier molecular flexibility index (Phi) is 5.72. The van der Waals surface area contributed by atoms with E-state index in [9.17, 15) is 4.79 Å². The number of rotatable bonds is 5. The quantitative estimate of drug-likeness (QED) is 0.637. The second-order valence-electron chi connectivity index (χ2n) is 3.12. The molecule has 72 valence electrons. The van der Waals surface area contributed by atoms with Gasteiger partial charge in [-0.3, -0.25) is 4.79 Å². The second kappa shape index (κ2) is 6.00. The Labute approximate surface area is 74.5 Å². The van der Waals surface area contributed by atoms with Crippen molar-refractivity contribution in [2.75, 3.05) is 7.05 Å². The van der Waals surface area contributed by atoms with Crippen LogP contribution in [0.4, 0.5) is 0 Å². The maximum Gasteiger partial charge on any atom is 0.323 e. The number of ether oxygens (including phenoxy) is 1. The molecule has 0 radical (unpaired) electrons. The number of likely N-dealkylation sites (N-methyl/N-ethyl adjacent to an activating group) is 1. The third-order valence-electron chi connectivity index (χ3n) is 1.56. The van der Waals surface area contributed by atoms with Gasteiger partial charge in [0.15, 0.2) is 0 Å². The van der Waals surface area contributed by atoms with E-state index in [1.54, 1.807) is 7.05 Å². The Morgan fingerprint density at radius 3 is 2.42 bits per heavy atom. The second-order valence-corrected chi connectivity index (χ2v) is 3.12. The predicted molar refractivity (Wildman–Crippen MR) is 49.0 cm³/mol. The molecule has 0 spiro atoms. The summed E-state index contributed by atoms with van der Waals surface area (Å²) in [5.41, 5.74) is 0. The minimum absolute atomic E-state index is 0.0230. The summed E-state index contributed by atoms with van der Waals surface area (Å²) in [6.07, 6.45) is 1.80. The Morgan fingerprint density at radius 1 is 1.50 bits per heavy atom. The van der Waals surface area contributed by atoms with E-state index in [0.29, 0.717) is 0 Å². The third-order valence-corrected chi connectivity index (χ3v) is 1.56. The Hall–Kier alpha value is -0.570. The van der Waals surface area contributed by atoms with Crippen molar-refractivity contribution in [2.24, 2.45) is 0 Å². The van der Waals surface area contributed by atoms with Gasteiger partial charge in [0, 0.05) is 0 Å². The van der Waals surface area contributed by atoms with E-state index < -0.39 is 0 Å². The van der Waals surface area contributed by atoms with Gasteiger partial charge in [-0.15, -0.1) is 0 Å². The van der Waals surface area contributed by atoms with Gasteiger partial charge in [-0.25, -0.2) is 0 Å². The molecule has 0 saturated heterocycles. The largest absolute Gasteiger partial charge is 0.462 e. The normalized spacial score (nSPS) is 13.1. The van der Waals surface area contributed by atoms with Crippen LogP contribution in [0.15, 0.2) is 0 Å². The highest BCUT2D eigenvalue weighted by molar-refractivity contribution is 5.75. The fourth-order valence-electron chi connectivity index (χ4n) is 0.983. The monoisotopic (exact) mass is 173 g/mol. The van der Waals surface area contributed by atoms with Gasteiger partial charge in [-0.05, 0) is 27.3 Å². The number of carbonyl (C=O) groups is 1. The number of hydrogen-bond acceptors (Lipinski definition) is 3. The van der Waals surface area contributed by atoms with Crippen LogP contribution in [-0.4, -0.2) is 25.2 Å². The lowest BCUT2D eigenvalue weighted by molar-refractivity contribution is -0.150. The number of hydrogen-bond donors (Lipinski definition) is 1. The number of carbonyl (C=O) groups excluding carboxylic acids is 1. The Morgan fingerprint density at radius 2 is 2.08 bits per heavy atom. The molecule has 0 heterocycles. The molecule has 1 N–H and O–H groups in total. The van der Waals surface area contributed by atoms with E-state index in [-0.39, 0.29) is 18.1 Å². The summed E-state index contributed by atoms with van der Waals surface area (Å²) in [6, 6.07) is -0.141. The molecule has 0 bridgehead atoms. The van der Waals surface area contributed by atoms with Gasteiger partial charge in [0.2, 0.25) is 0 Å². The summed E-state index contributed by atoms with van der Waals surface area (Å²) < 4.78 is 5.05. The van der Waals surface area contributed by atoms with Gasteiger partial charge < -0.3 is 10.1 Å². The molecular weight excluding hydrogens is 154 g/mol. The summed E-state index contributed by atoms with van der Waals surface area (Å²) in [7, 11) is 1.78. The van der Waals surface area contributed by atoms with Crippen LogP contribution in [0.1, 0.15) is 33.6 Å². The van der Waals surface area contributed by atoms with Crippen molar-refractivity contribution >= 4 is 5.97 Å². The summed E-state index contributed by atoms with van der Waals surface area (Å²) in [5.74, 6) is -0.144. The highest BCUT2D eigenvalue weighted by Gasteiger charge is 2.17. The zero-order chi connectivity index (χ0) is 9.56. The van der Waals surface area contributed by atoms with Gasteiger partial charge in [0.05, 0.1) is 6.10 Å². The summed E-state index contributed by atoms with van der Waals surface area (Å²) >= 11 is 0. The zero-order valence-electron chi connectivity index (χ0n) is 8.39. The first-order valence-electron chi connectivity index (χ1n) is 4.49. The zero-order valence-corrected chi connectivity index (χ0v) is 8.39. The topological polar surface area (TPSA) is 38.3 Å². The highest BCUT2D eigenvalue weighted by atomic mass is 16.5. The van der Waals surface area contributed by atoms with Gasteiger partial charge in [-0.2, -0.15) is 0 Å². The molecule has 0 unspecified atom stereocenters. The molecule has 0 saturated carbocycles. The molecule has 12 heavy (non-hydrogen) atoms. The molecule has 0 aromatic heterocycles. The lowest BCUT2D eigenvalue weighted by Gasteiger charge is -2.15. The summed E-state index contributed by atoms with van der Waals surface area (Å²) in [4.78, 5) is 11.3. The highest BCUT2D eigenvalue weighted by Crippen LogP contribution is 2.00. The molecule has 0 fully saturated rings. The molecule has 0 aromatic rings. The van der Waals surface area contributed by atoms with E-state index >= 15 is 0 Å². The lowest BCUT2D eigenvalue weighted by atomic mass is 10.2. The van der Waals surface area contributed by atoms with E-state index in [0.717, 1.165) is 12.8 Å². The number of nitrogens with one attached hydrogen (secondary N) is 1. The van der Waals surface area contributed by atoms with Crippen molar-refractivity contribution in [3.05, 3.63) is 0 Å². The predicted octanol–water partition coefficient (Wildman–Crippen LogP) is 1.33. The minimum atomic E-state index is -0.144. The molecule has 3 heteroatoms. The molecule has 0 aliphatic rings. The van der Waals surface area contributed by atoms with Crippen LogP contribution in [0.25, 0.3) is 0 Å². The summed E-state index contributed by atoms with van der Waals surface area (Å²) in [5, 5.41) is 2.93. The van der Waals surface area contributed by atoms with Crippen molar-refractivity contribution in [1.82, 2.24) is 5.32 Å². The van der Waals surface area contributed by atoms with Gasteiger partial charge in [0.1, 0.15) is 6.04 Å². The average molecular weight is 173 g/mol. The van der Waals surface area contributed by atoms with Crippen LogP contribution in [0.3, 0.4) is 0 Å². The van der Waals surface area contributed by atoms with Crippen LogP contribution >= 0.6 is 0 Å². The molecule has 1 atom stereocenters. The van der Waals surface area contributed by atoms with E-state index in [1.165, 1.54) is 0 Å². The Bertz CT molecular complexity index is 134. The van der Waals surface area contributed by atoms with Gasteiger partial charge in [0.25, 0.3) is 0 Å². The first-order valence-corrected chi connectivity index (χ1v) is 4.49. The first-order chi connectivity index (χ1) is 5.61. The fourth-order valence-corrected chi connectivity index (χ4v) is 0.983. The van der Waals surface area contributed by atoms with Crippen LogP contribution in [-0.2, 0) is 9.53 Å². The van der Waals surface area contributed by atoms with Crippen molar-refractivity contribution in [2.45, 2.75) is 45.8 Å². The van der Waals surface area contributed by atoms with Crippen molar-refractivity contribution in [3.63, 3.8) is 0 Å². The lowest BCUT2D eigenvalue weighted by Crippen LogP contribution is -2.36. The van der Waals surface area contributed by atoms with Crippen LogP contribution in [0, 0.1) is 0 Å². The van der Waals surface area contributed by atoms with Crippen molar-refractivity contribution in [3.8, 4) is 0 Å². The van der Waals surface area contributed by atoms with Crippen LogP contribution < -0.4 is 5.32 Å². The number of esters is 1. The van der Waals surface area contributed by atoms with E-state index in [1.807, 2.05) is 20.8 Å². The molecular formula is C9H19NO2. The molecule has 0 amide bonds. The minimum Gasteiger partial charge on any atom is -0.462 e. The van der Waals surface area contributed by atoms with Gasteiger partial charge >= 0.3 is 5.97 Å². The maximum absolute atomic E-state index is 11.3. The van der Waals surface area contributed by atoms with E-state index in [2.05, 4.69) is 5.32 Å². The molecule has 3 nitrogen and oxygen atoms in total. The molecule has 0 aliphatic heterocycles. The molecule has 0 rings (SSSR count). The standard InChI is InChI=1S/C9H19NO2/c1-5-6-8(10-4)9(11)12-7(2)3/h7-8,10H,5-6H2,1-4H3/t8-/m0/s1. The Balaban J connectivity index is 3.85. The average Bonchev–Trinajstić information content (AvgIpc) is 1.98. The van der Waals surface area contributed by atoms with Crippen molar-refractivity contribution in [1.29, 1.82) is 0 Å². The van der Waals surface area contributed by atoms with Crippen molar-refractivity contribution < 1.29 is 9.53 Å². The smallest absolute Gasteiger partial charge is 0.323 e. The van der Waals surface area contributed by atoms with Crippen LogP contribution in [0.2, 0.25) is 0 Å². The third kappa shape index (κ3) is 4.34. The maximum atomic E-state index is 11.3.